The van der Waals surface area contributed by atoms with Crippen LogP contribution < -0.4 is 0 Å². The van der Waals surface area contributed by atoms with Crippen LogP contribution in [-0.4, -0.2) is 5.11 Å². The predicted octanol–water partition coefficient (Wildman–Crippen LogP) is 2.34. The average Bonchev–Trinajstić information content (AvgIpc) is 2.76. The van der Waals surface area contributed by atoms with Crippen molar-refractivity contribution in [2.45, 2.75) is 11.7 Å². The molecule has 0 saturated carbocycles. The summed E-state index contributed by atoms with van der Waals surface area (Å²) in [5.41, 5.74) is 0. The number of furan rings is 2. The van der Waals surface area contributed by atoms with Gasteiger partial charge in [0.25, 0.3) is 0 Å². The van der Waals surface area contributed by atoms with E-state index < -0.39 is 0 Å². The van der Waals surface area contributed by atoms with Gasteiger partial charge in [-0.15, -0.1) is 12.6 Å². The zero-order valence-electron chi connectivity index (χ0n) is 6.88. The molecule has 0 aliphatic carbocycles. The molecule has 1 N–H and O–H groups in total. The van der Waals surface area contributed by atoms with E-state index in [1.807, 2.05) is 0 Å². The first-order valence-electron chi connectivity index (χ1n) is 3.68. The topological polar surface area (TPSA) is 46.5 Å². The second-order valence-electron chi connectivity index (χ2n) is 2.19. The molecule has 2 heterocycles. The fourth-order valence-corrected chi connectivity index (χ4v) is 0.819. The molecule has 0 aromatic carbocycles. The monoisotopic (exact) mass is 198 g/mol. The van der Waals surface area contributed by atoms with Gasteiger partial charge >= 0.3 is 0 Å². The van der Waals surface area contributed by atoms with Gasteiger partial charge in [0.05, 0.1) is 12.5 Å². The minimum Gasteiger partial charge on any atom is -0.467 e. The molecule has 0 unspecified atom stereocenters. The normalized spacial score (nSPS) is 9.08. The highest BCUT2D eigenvalue weighted by Crippen LogP contribution is 2.02. The summed E-state index contributed by atoms with van der Waals surface area (Å²) in [4.78, 5) is 0. The van der Waals surface area contributed by atoms with Gasteiger partial charge in [-0.25, -0.2) is 0 Å². The van der Waals surface area contributed by atoms with Crippen molar-refractivity contribution in [3.05, 3.63) is 42.6 Å². The zero-order chi connectivity index (χ0) is 9.52. The number of hydrogen-bond donors (Lipinski definition) is 2. The first kappa shape index (κ1) is 9.95. The lowest BCUT2D eigenvalue weighted by atomic mass is 10.5. The molecule has 2 aromatic rings. The van der Waals surface area contributed by atoms with E-state index in [2.05, 4.69) is 12.6 Å². The summed E-state index contributed by atoms with van der Waals surface area (Å²) >= 11 is 3.87. The molecule has 0 fully saturated rings. The van der Waals surface area contributed by atoms with Crippen LogP contribution in [0.15, 0.2) is 50.7 Å². The minimum absolute atomic E-state index is 0.00694. The van der Waals surface area contributed by atoms with Crippen molar-refractivity contribution in [1.29, 1.82) is 0 Å². The summed E-state index contributed by atoms with van der Waals surface area (Å²) in [5, 5.41) is 8.99. The Bertz CT molecular complexity index is 299. The predicted molar refractivity (Wildman–Crippen MR) is 50.6 cm³/mol. The molecular weight excluding hydrogens is 188 g/mol. The van der Waals surface area contributed by atoms with Crippen LogP contribution in [0, 0.1) is 0 Å². The molecule has 4 heteroatoms. The van der Waals surface area contributed by atoms with Gasteiger partial charge in [0.1, 0.15) is 12.4 Å². The number of aliphatic hydroxyl groups is 1. The van der Waals surface area contributed by atoms with Crippen molar-refractivity contribution in [3.8, 4) is 0 Å². The summed E-state index contributed by atoms with van der Waals surface area (Å²) in [6, 6.07) is 7.04. The first-order valence-corrected chi connectivity index (χ1v) is 4.13. The lowest BCUT2D eigenvalue weighted by Gasteiger charge is -1.79. The Morgan fingerprint density at radius 2 is 1.85 bits per heavy atom. The molecule has 0 atom stereocenters. The summed E-state index contributed by atoms with van der Waals surface area (Å²) in [5.74, 6) is 0.611. The summed E-state index contributed by atoms with van der Waals surface area (Å²) in [6.45, 7) is -0.00694. The van der Waals surface area contributed by atoms with Gasteiger partial charge in [0.15, 0.2) is 5.09 Å². The lowest BCUT2D eigenvalue weighted by Crippen LogP contribution is -1.72. The molecule has 0 saturated heterocycles. The number of aliphatic hydroxyl groups excluding tert-OH is 1. The van der Waals surface area contributed by atoms with Crippen LogP contribution in [0.3, 0.4) is 0 Å². The SMILES string of the molecule is OCc1ccco1.Sc1ccco1. The smallest absolute Gasteiger partial charge is 0.156 e. The van der Waals surface area contributed by atoms with Crippen LogP contribution in [0.25, 0.3) is 0 Å². The van der Waals surface area contributed by atoms with Crippen molar-refractivity contribution in [1.82, 2.24) is 0 Å². The van der Waals surface area contributed by atoms with Crippen LogP contribution in [0.1, 0.15) is 5.76 Å². The Balaban J connectivity index is 0.000000132. The Morgan fingerprint density at radius 1 is 1.15 bits per heavy atom. The average molecular weight is 198 g/mol. The first-order chi connectivity index (χ1) is 6.33. The summed E-state index contributed by atoms with van der Waals surface area (Å²) in [6.07, 6.45) is 3.12. The highest BCUT2D eigenvalue weighted by atomic mass is 32.1. The van der Waals surface area contributed by atoms with E-state index in [1.165, 1.54) is 6.26 Å². The van der Waals surface area contributed by atoms with Gasteiger partial charge < -0.3 is 13.9 Å². The molecule has 0 spiro atoms. The van der Waals surface area contributed by atoms with Gasteiger partial charge in [-0.1, -0.05) is 0 Å². The standard InChI is InChI=1S/C5H6O2.C4H4OS/c6-4-5-2-1-3-7-5;6-4-2-1-3-5-4/h1-3,6H,4H2;1-3,6H. The van der Waals surface area contributed by atoms with Gasteiger partial charge in [0, 0.05) is 0 Å². The molecule has 0 aliphatic rings. The van der Waals surface area contributed by atoms with Crippen molar-refractivity contribution >= 4 is 12.6 Å². The molecule has 0 bridgehead atoms. The molecule has 13 heavy (non-hydrogen) atoms. The summed E-state index contributed by atoms with van der Waals surface area (Å²) in [7, 11) is 0. The Labute approximate surface area is 81.4 Å². The molecular formula is C9H10O3S. The van der Waals surface area contributed by atoms with Gasteiger partial charge in [-0.2, -0.15) is 0 Å². The fourth-order valence-electron chi connectivity index (χ4n) is 0.672. The molecule has 2 rings (SSSR count). The Morgan fingerprint density at radius 3 is 2.08 bits per heavy atom. The maximum Gasteiger partial charge on any atom is 0.156 e. The Kier molecular flexibility index (Phi) is 4.21. The zero-order valence-corrected chi connectivity index (χ0v) is 7.78. The van der Waals surface area contributed by atoms with Crippen LogP contribution in [0.5, 0.6) is 0 Å². The molecule has 3 nitrogen and oxygen atoms in total. The molecule has 2 aromatic heterocycles. The van der Waals surface area contributed by atoms with E-state index >= 15 is 0 Å². The quantitative estimate of drug-likeness (QED) is 0.691. The number of rotatable bonds is 1. The van der Waals surface area contributed by atoms with E-state index in [0.717, 1.165) is 0 Å². The van der Waals surface area contributed by atoms with Crippen molar-refractivity contribution in [3.63, 3.8) is 0 Å². The lowest BCUT2D eigenvalue weighted by molar-refractivity contribution is 0.247. The molecule has 0 radical (unpaired) electrons. The third kappa shape index (κ3) is 3.87. The van der Waals surface area contributed by atoms with Crippen LogP contribution in [0.2, 0.25) is 0 Å². The third-order valence-electron chi connectivity index (χ3n) is 1.24. The third-order valence-corrected chi connectivity index (χ3v) is 1.50. The fraction of sp³-hybridized carbons (Fsp3) is 0.111. The van der Waals surface area contributed by atoms with Gasteiger partial charge in [-0.05, 0) is 24.3 Å². The minimum atomic E-state index is -0.00694. The number of thiol groups is 1. The van der Waals surface area contributed by atoms with Crippen molar-refractivity contribution in [2.75, 3.05) is 0 Å². The molecule has 70 valence electrons. The maximum atomic E-state index is 8.33. The van der Waals surface area contributed by atoms with Crippen LogP contribution >= 0.6 is 12.6 Å². The van der Waals surface area contributed by atoms with E-state index in [-0.39, 0.29) is 6.61 Å². The van der Waals surface area contributed by atoms with E-state index in [1.54, 1.807) is 30.5 Å². The van der Waals surface area contributed by atoms with Gasteiger partial charge in [0.2, 0.25) is 0 Å². The van der Waals surface area contributed by atoms with Gasteiger partial charge in [-0.3, -0.25) is 0 Å². The van der Waals surface area contributed by atoms with E-state index in [0.29, 0.717) is 10.9 Å². The van der Waals surface area contributed by atoms with E-state index in [4.69, 9.17) is 13.9 Å². The van der Waals surface area contributed by atoms with Crippen LogP contribution in [0.4, 0.5) is 0 Å². The van der Waals surface area contributed by atoms with Crippen LogP contribution in [-0.2, 0) is 6.61 Å². The second kappa shape index (κ2) is 5.50. The summed E-state index contributed by atoms with van der Waals surface area (Å²) < 4.78 is 9.43. The maximum absolute atomic E-state index is 8.33. The second-order valence-corrected chi connectivity index (χ2v) is 2.63. The number of hydrogen-bond acceptors (Lipinski definition) is 4. The highest BCUT2D eigenvalue weighted by Gasteiger charge is 1.85. The van der Waals surface area contributed by atoms with Crippen molar-refractivity contribution < 1.29 is 13.9 Å². The molecule has 0 amide bonds. The van der Waals surface area contributed by atoms with E-state index in [9.17, 15) is 0 Å². The van der Waals surface area contributed by atoms with Crippen molar-refractivity contribution in [2.24, 2.45) is 0 Å². The Hall–Kier alpha value is -1.13. The largest absolute Gasteiger partial charge is 0.467 e. The highest BCUT2D eigenvalue weighted by molar-refractivity contribution is 7.80. The molecule has 0 aliphatic heterocycles.